The molecule has 0 bridgehead atoms. The largest absolute Gasteiger partial charge is 0.329 e. The molecule has 20 heavy (non-hydrogen) atoms. The Labute approximate surface area is 125 Å². The molecule has 2 N–H and O–H groups in total. The molecule has 0 atom stereocenters. The summed E-state index contributed by atoms with van der Waals surface area (Å²) >= 11 is 0. The van der Waals surface area contributed by atoms with Crippen LogP contribution in [0.2, 0.25) is 0 Å². The molecule has 1 rings (SSSR count). The molecule has 0 unspecified atom stereocenters. The third kappa shape index (κ3) is 4.18. The number of hydrogen-bond donors (Lipinski definition) is 1. The van der Waals surface area contributed by atoms with Crippen molar-refractivity contribution in [3.05, 3.63) is 0 Å². The number of nitrogens with two attached hydrogens (primary N) is 1. The summed E-state index contributed by atoms with van der Waals surface area (Å²) in [5.41, 5.74) is 6.00. The minimum absolute atomic E-state index is 0.119. The third-order valence-electron chi connectivity index (χ3n) is 4.69. The predicted octanol–water partition coefficient (Wildman–Crippen LogP) is 2.04. The summed E-state index contributed by atoms with van der Waals surface area (Å²) in [6, 6.07) is 0.502. The molecule has 0 saturated carbocycles. The van der Waals surface area contributed by atoms with Crippen LogP contribution in [0.5, 0.6) is 0 Å². The maximum absolute atomic E-state index is 11.7. The molecule has 0 amide bonds. The lowest BCUT2D eigenvalue weighted by Gasteiger charge is -2.50. The molecular weight excluding hydrogens is 272 g/mol. The number of rotatable bonds is 7. The molecule has 0 aliphatic carbocycles. The molecule has 1 aliphatic heterocycles. The van der Waals surface area contributed by atoms with E-state index in [1.807, 2.05) is 0 Å². The van der Waals surface area contributed by atoms with Crippen molar-refractivity contribution in [3.63, 3.8) is 0 Å². The second kappa shape index (κ2) is 7.23. The standard InChI is InChI=1S/C15H32N2O2S/c1-5-14(6-2)17(11-13(3)4)15(12-16)7-9-20(18,19)10-8-15/h13-14H,5-12,16H2,1-4H3. The van der Waals surface area contributed by atoms with Gasteiger partial charge in [-0.15, -0.1) is 0 Å². The van der Waals surface area contributed by atoms with Crippen molar-refractivity contribution in [1.29, 1.82) is 0 Å². The first kappa shape index (κ1) is 17.9. The Balaban J connectivity index is 3.01. The van der Waals surface area contributed by atoms with Crippen molar-refractivity contribution in [1.82, 2.24) is 4.90 Å². The Bertz CT molecular complexity index is 375. The van der Waals surface area contributed by atoms with Gasteiger partial charge in [-0.2, -0.15) is 0 Å². The normalized spacial score (nSPS) is 21.8. The lowest BCUT2D eigenvalue weighted by atomic mass is 9.86. The van der Waals surface area contributed by atoms with Gasteiger partial charge in [0.1, 0.15) is 9.84 Å². The molecule has 1 heterocycles. The molecule has 0 aromatic carbocycles. The van der Waals surface area contributed by atoms with Gasteiger partial charge in [-0.05, 0) is 31.6 Å². The van der Waals surface area contributed by atoms with Crippen LogP contribution in [-0.2, 0) is 9.84 Å². The highest BCUT2D eigenvalue weighted by Crippen LogP contribution is 2.33. The molecule has 1 aliphatic rings. The van der Waals surface area contributed by atoms with Crippen LogP contribution in [0.1, 0.15) is 53.4 Å². The average molecular weight is 305 g/mol. The van der Waals surface area contributed by atoms with E-state index in [1.165, 1.54) is 0 Å². The molecule has 5 heteroatoms. The van der Waals surface area contributed by atoms with Gasteiger partial charge < -0.3 is 5.73 Å². The first-order valence-electron chi connectivity index (χ1n) is 7.97. The summed E-state index contributed by atoms with van der Waals surface area (Å²) in [6.45, 7) is 10.4. The summed E-state index contributed by atoms with van der Waals surface area (Å²) < 4.78 is 23.5. The predicted molar refractivity (Wildman–Crippen MR) is 85.6 cm³/mol. The summed E-state index contributed by atoms with van der Waals surface area (Å²) in [5, 5.41) is 0. The zero-order valence-corrected chi connectivity index (χ0v) is 14.4. The number of hydrogen-bond acceptors (Lipinski definition) is 4. The maximum Gasteiger partial charge on any atom is 0.150 e. The van der Waals surface area contributed by atoms with Gasteiger partial charge in [-0.25, -0.2) is 8.42 Å². The first-order valence-corrected chi connectivity index (χ1v) is 9.79. The zero-order chi connectivity index (χ0) is 15.4. The Hall–Kier alpha value is -0.130. The van der Waals surface area contributed by atoms with E-state index in [2.05, 4.69) is 32.6 Å². The second-order valence-electron chi connectivity index (χ2n) is 6.60. The molecule has 4 nitrogen and oxygen atoms in total. The second-order valence-corrected chi connectivity index (χ2v) is 8.90. The molecule has 0 aromatic rings. The summed E-state index contributed by atoms with van der Waals surface area (Å²) in [7, 11) is -2.85. The molecule has 0 radical (unpaired) electrons. The Morgan fingerprint density at radius 3 is 2.00 bits per heavy atom. The number of sulfone groups is 1. The fourth-order valence-corrected chi connectivity index (χ4v) is 4.97. The highest BCUT2D eigenvalue weighted by molar-refractivity contribution is 7.91. The van der Waals surface area contributed by atoms with Crippen molar-refractivity contribution < 1.29 is 8.42 Å². The molecule has 120 valence electrons. The monoisotopic (exact) mass is 304 g/mol. The summed E-state index contributed by atoms with van der Waals surface area (Å²) in [6.07, 6.45) is 3.57. The van der Waals surface area contributed by atoms with Gasteiger partial charge in [0.25, 0.3) is 0 Å². The van der Waals surface area contributed by atoms with Crippen LogP contribution >= 0.6 is 0 Å². The lowest BCUT2D eigenvalue weighted by Crippen LogP contribution is -2.61. The van der Waals surface area contributed by atoms with Crippen LogP contribution < -0.4 is 5.73 Å². The SMILES string of the molecule is CCC(CC)N(CC(C)C)C1(CN)CCS(=O)(=O)CC1. The minimum atomic E-state index is -2.85. The molecular formula is C15H32N2O2S. The fraction of sp³-hybridized carbons (Fsp3) is 1.00. The van der Waals surface area contributed by atoms with Crippen LogP contribution in [0, 0.1) is 5.92 Å². The summed E-state index contributed by atoms with van der Waals surface area (Å²) in [4.78, 5) is 2.53. The van der Waals surface area contributed by atoms with Gasteiger partial charge in [-0.3, -0.25) is 4.90 Å². The van der Waals surface area contributed by atoms with E-state index in [-0.39, 0.29) is 5.54 Å². The van der Waals surface area contributed by atoms with E-state index in [0.29, 0.717) is 42.9 Å². The van der Waals surface area contributed by atoms with E-state index in [9.17, 15) is 8.42 Å². The Morgan fingerprint density at radius 2 is 1.65 bits per heavy atom. The van der Waals surface area contributed by atoms with E-state index in [0.717, 1.165) is 19.4 Å². The lowest BCUT2D eigenvalue weighted by molar-refractivity contribution is 0.0241. The van der Waals surface area contributed by atoms with Crippen LogP contribution in [0.4, 0.5) is 0 Å². The van der Waals surface area contributed by atoms with Gasteiger partial charge in [-0.1, -0.05) is 27.7 Å². The van der Waals surface area contributed by atoms with Crippen molar-refractivity contribution in [2.75, 3.05) is 24.6 Å². The molecule has 1 fully saturated rings. The molecule has 0 aromatic heterocycles. The van der Waals surface area contributed by atoms with Crippen LogP contribution in [0.3, 0.4) is 0 Å². The van der Waals surface area contributed by atoms with Crippen molar-refractivity contribution >= 4 is 9.84 Å². The minimum Gasteiger partial charge on any atom is -0.329 e. The van der Waals surface area contributed by atoms with Gasteiger partial charge in [0.15, 0.2) is 0 Å². The zero-order valence-electron chi connectivity index (χ0n) is 13.6. The Morgan fingerprint density at radius 1 is 1.15 bits per heavy atom. The summed E-state index contributed by atoms with van der Waals surface area (Å²) in [5.74, 6) is 1.15. The van der Waals surface area contributed by atoms with Crippen LogP contribution in [0.15, 0.2) is 0 Å². The smallest absolute Gasteiger partial charge is 0.150 e. The van der Waals surface area contributed by atoms with Gasteiger partial charge >= 0.3 is 0 Å². The fourth-order valence-electron chi connectivity index (χ4n) is 3.38. The van der Waals surface area contributed by atoms with Gasteiger partial charge in [0.05, 0.1) is 11.5 Å². The van der Waals surface area contributed by atoms with E-state index < -0.39 is 9.84 Å². The number of nitrogens with zero attached hydrogens (tertiary/aromatic N) is 1. The average Bonchev–Trinajstić information content (AvgIpc) is 2.39. The van der Waals surface area contributed by atoms with Gasteiger partial charge in [0.2, 0.25) is 0 Å². The van der Waals surface area contributed by atoms with Crippen molar-refractivity contribution in [2.45, 2.75) is 65.0 Å². The van der Waals surface area contributed by atoms with Crippen molar-refractivity contribution in [3.8, 4) is 0 Å². The third-order valence-corrected chi connectivity index (χ3v) is 6.34. The van der Waals surface area contributed by atoms with Crippen molar-refractivity contribution in [2.24, 2.45) is 11.7 Å². The van der Waals surface area contributed by atoms with Gasteiger partial charge in [0, 0.05) is 24.7 Å². The topological polar surface area (TPSA) is 63.4 Å². The maximum atomic E-state index is 11.7. The quantitative estimate of drug-likeness (QED) is 0.782. The molecule has 1 saturated heterocycles. The van der Waals surface area contributed by atoms with E-state index >= 15 is 0 Å². The van der Waals surface area contributed by atoms with Crippen LogP contribution in [-0.4, -0.2) is 49.5 Å². The van der Waals surface area contributed by atoms with Crippen LogP contribution in [0.25, 0.3) is 0 Å². The first-order chi connectivity index (χ1) is 9.30. The Kier molecular flexibility index (Phi) is 6.48. The van der Waals surface area contributed by atoms with E-state index in [1.54, 1.807) is 0 Å². The highest BCUT2D eigenvalue weighted by atomic mass is 32.2. The molecule has 0 spiro atoms. The highest BCUT2D eigenvalue weighted by Gasteiger charge is 2.42. The van der Waals surface area contributed by atoms with E-state index in [4.69, 9.17) is 5.73 Å².